The third-order valence-electron chi connectivity index (χ3n) is 4.40. The molecule has 126 valence electrons. The third-order valence-corrected chi connectivity index (χ3v) is 4.40. The SMILES string of the molecule is Cc1ccc(C(CC(=O)NCc2ccccc2)c2ccccc2)cc1. The van der Waals surface area contributed by atoms with Gasteiger partial charge in [0.15, 0.2) is 0 Å². The summed E-state index contributed by atoms with van der Waals surface area (Å²) in [4.78, 5) is 12.5. The van der Waals surface area contributed by atoms with Gasteiger partial charge in [-0.2, -0.15) is 0 Å². The number of hydrogen-bond acceptors (Lipinski definition) is 1. The van der Waals surface area contributed by atoms with Crippen LogP contribution in [-0.2, 0) is 11.3 Å². The molecule has 3 aromatic carbocycles. The van der Waals surface area contributed by atoms with Crippen molar-refractivity contribution in [3.8, 4) is 0 Å². The predicted molar refractivity (Wildman–Crippen MR) is 102 cm³/mol. The molecule has 0 saturated heterocycles. The van der Waals surface area contributed by atoms with Crippen molar-refractivity contribution in [3.05, 3.63) is 107 Å². The fraction of sp³-hybridized carbons (Fsp3) is 0.174. The van der Waals surface area contributed by atoms with E-state index in [0.717, 1.165) is 5.56 Å². The minimum absolute atomic E-state index is 0.0672. The summed E-state index contributed by atoms with van der Waals surface area (Å²) in [5.41, 5.74) is 4.68. The third kappa shape index (κ3) is 4.80. The smallest absolute Gasteiger partial charge is 0.221 e. The number of carbonyl (C=O) groups excluding carboxylic acids is 1. The Labute approximate surface area is 149 Å². The second-order valence-corrected chi connectivity index (χ2v) is 6.34. The Bertz CT molecular complexity index is 795. The summed E-state index contributed by atoms with van der Waals surface area (Å²) >= 11 is 0. The molecule has 0 spiro atoms. The maximum Gasteiger partial charge on any atom is 0.221 e. The Hall–Kier alpha value is -2.87. The van der Waals surface area contributed by atoms with Gasteiger partial charge in [-0.05, 0) is 23.6 Å². The van der Waals surface area contributed by atoms with Crippen molar-refractivity contribution in [1.29, 1.82) is 0 Å². The largest absolute Gasteiger partial charge is 0.352 e. The molecule has 1 amide bonds. The first-order valence-electron chi connectivity index (χ1n) is 8.64. The van der Waals surface area contributed by atoms with Crippen LogP contribution in [0.2, 0.25) is 0 Å². The van der Waals surface area contributed by atoms with Gasteiger partial charge in [-0.25, -0.2) is 0 Å². The van der Waals surface area contributed by atoms with Crippen molar-refractivity contribution >= 4 is 5.91 Å². The van der Waals surface area contributed by atoms with Gasteiger partial charge in [-0.15, -0.1) is 0 Å². The van der Waals surface area contributed by atoms with Crippen LogP contribution < -0.4 is 5.32 Å². The first-order chi connectivity index (χ1) is 12.2. The van der Waals surface area contributed by atoms with Gasteiger partial charge in [0.25, 0.3) is 0 Å². The first kappa shape index (κ1) is 17.0. The number of rotatable bonds is 6. The molecule has 3 aromatic rings. The monoisotopic (exact) mass is 329 g/mol. The van der Waals surface area contributed by atoms with Crippen molar-refractivity contribution < 1.29 is 4.79 Å². The Balaban J connectivity index is 1.73. The van der Waals surface area contributed by atoms with E-state index in [2.05, 4.69) is 48.6 Å². The van der Waals surface area contributed by atoms with Crippen molar-refractivity contribution in [2.24, 2.45) is 0 Å². The predicted octanol–water partition coefficient (Wildman–Crippen LogP) is 4.83. The van der Waals surface area contributed by atoms with Crippen LogP contribution in [0, 0.1) is 6.92 Å². The van der Waals surface area contributed by atoms with Crippen LogP contribution in [0.15, 0.2) is 84.9 Å². The van der Waals surface area contributed by atoms with Gasteiger partial charge in [-0.1, -0.05) is 90.5 Å². The Morgan fingerprint density at radius 2 is 1.36 bits per heavy atom. The van der Waals surface area contributed by atoms with E-state index in [-0.39, 0.29) is 11.8 Å². The van der Waals surface area contributed by atoms with Crippen LogP contribution in [-0.4, -0.2) is 5.91 Å². The Morgan fingerprint density at radius 1 is 0.800 bits per heavy atom. The minimum Gasteiger partial charge on any atom is -0.352 e. The zero-order chi connectivity index (χ0) is 17.5. The van der Waals surface area contributed by atoms with Gasteiger partial charge < -0.3 is 5.32 Å². The van der Waals surface area contributed by atoms with Crippen LogP contribution in [0.4, 0.5) is 0 Å². The van der Waals surface area contributed by atoms with E-state index in [9.17, 15) is 4.79 Å². The van der Waals surface area contributed by atoms with E-state index < -0.39 is 0 Å². The van der Waals surface area contributed by atoms with Gasteiger partial charge in [0.1, 0.15) is 0 Å². The summed E-state index contributed by atoms with van der Waals surface area (Å²) in [5, 5.41) is 3.04. The van der Waals surface area contributed by atoms with E-state index in [1.54, 1.807) is 0 Å². The summed E-state index contributed by atoms with van der Waals surface area (Å²) in [6.45, 7) is 2.64. The molecule has 0 heterocycles. The summed E-state index contributed by atoms with van der Waals surface area (Å²) < 4.78 is 0. The van der Waals surface area contributed by atoms with Crippen LogP contribution in [0.25, 0.3) is 0 Å². The molecular weight excluding hydrogens is 306 g/mol. The lowest BCUT2D eigenvalue weighted by atomic mass is 9.88. The minimum atomic E-state index is 0.0672. The van der Waals surface area contributed by atoms with E-state index in [1.165, 1.54) is 16.7 Å². The topological polar surface area (TPSA) is 29.1 Å². The summed E-state index contributed by atoms with van der Waals surface area (Å²) in [5.74, 6) is 0.135. The molecule has 0 bridgehead atoms. The second-order valence-electron chi connectivity index (χ2n) is 6.34. The zero-order valence-corrected chi connectivity index (χ0v) is 14.5. The maximum atomic E-state index is 12.5. The fourth-order valence-corrected chi connectivity index (χ4v) is 2.97. The van der Waals surface area contributed by atoms with E-state index in [0.29, 0.717) is 13.0 Å². The lowest BCUT2D eigenvalue weighted by Gasteiger charge is -2.18. The standard InChI is InChI=1S/C23H23NO/c1-18-12-14-21(15-13-18)22(20-10-6-3-7-11-20)16-23(25)24-17-19-8-4-2-5-9-19/h2-15,22H,16-17H2,1H3,(H,24,25). The molecule has 0 radical (unpaired) electrons. The molecule has 1 unspecified atom stereocenters. The molecule has 25 heavy (non-hydrogen) atoms. The molecule has 1 N–H and O–H groups in total. The van der Waals surface area contributed by atoms with Crippen molar-refractivity contribution in [2.75, 3.05) is 0 Å². The van der Waals surface area contributed by atoms with Gasteiger partial charge in [0.05, 0.1) is 0 Å². The highest BCUT2D eigenvalue weighted by molar-refractivity contribution is 5.77. The Kier molecular flexibility index (Phi) is 5.63. The van der Waals surface area contributed by atoms with Crippen LogP contribution in [0.5, 0.6) is 0 Å². The number of aryl methyl sites for hydroxylation is 1. The quantitative estimate of drug-likeness (QED) is 0.689. The molecule has 0 fully saturated rings. The lowest BCUT2D eigenvalue weighted by molar-refractivity contribution is -0.121. The Morgan fingerprint density at radius 3 is 2.00 bits per heavy atom. The van der Waals surface area contributed by atoms with Gasteiger partial charge in [0, 0.05) is 18.9 Å². The van der Waals surface area contributed by atoms with Crippen molar-refractivity contribution in [1.82, 2.24) is 5.32 Å². The summed E-state index contributed by atoms with van der Waals surface area (Å²) in [6.07, 6.45) is 0.444. The van der Waals surface area contributed by atoms with E-state index in [1.807, 2.05) is 48.5 Å². The summed E-state index contributed by atoms with van der Waals surface area (Å²) in [6, 6.07) is 28.7. The molecule has 0 aromatic heterocycles. The van der Waals surface area contributed by atoms with E-state index >= 15 is 0 Å². The molecular formula is C23H23NO. The van der Waals surface area contributed by atoms with Gasteiger partial charge in [0.2, 0.25) is 5.91 Å². The number of amides is 1. The summed E-state index contributed by atoms with van der Waals surface area (Å²) in [7, 11) is 0. The fourth-order valence-electron chi connectivity index (χ4n) is 2.97. The molecule has 0 saturated carbocycles. The average molecular weight is 329 g/mol. The molecule has 2 heteroatoms. The molecule has 0 aliphatic rings. The van der Waals surface area contributed by atoms with Crippen LogP contribution in [0.3, 0.4) is 0 Å². The zero-order valence-electron chi connectivity index (χ0n) is 14.5. The molecule has 2 nitrogen and oxygen atoms in total. The maximum absolute atomic E-state index is 12.5. The van der Waals surface area contributed by atoms with Crippen molar-refractivity contribution in [3.63, 3.8) is 0 Å². The number of nitrogens with one attached hydrogen (secondary N) is 1. The number of benzene rings is 3. The van der Waals surface area contributed by atoms with Crippen LogP contribution >= 0.6 is 0 Å². The normalized spacial score (nSPS) is 11.7. The van der Waals surface area contributed by atoms with Gasteiger partial charge >= 0.3 is 0 Å². The molecule has 1 atom stereocenters. The highest BCUT2D eigenvalue weighted by Crippen LogP contribution is 2.28. The highest BCUT2D eigenvalue weighted by atomic mass is 16.1. The molecule has 0 aliphatic heterocycles. The number of hydrogen-bond donors (Lipinski definition) is 1. The number of carbonyl (C=O) groups is 1. The lowest BCUT2D eigenvalue weighted by Crippen LogP contribution is -2.25. The van der Waals surface area contributed by atoms with Crippen molar-refractivity contribution in [2.45, 2.75) is 25.8 Å². The van der Waals surface area contributed by atoms with Crippen LogP contribution in [0.1, 0.15) is 34.6 Å². The molecule has 0 aliphatic carbocycles. The first-order valence-corrected chi connectivity index (χ1v) is 8.64. The molecule has 3 rings (SSSR count). The van der Waals surface area contributed by atoms with E-state index in [4.69, 9.17) is 0 Å². The van der Waals surface area contributed by atoms with Gasteiger partial charge in [-0.3, -0.25) is 4.79 Å². The highest BCUT2D eigenvalue weighted by Gasteiger charge is 2.18. The second kappa shape index (κ2) is 8.29. The average Bonchev–Trinajstić information content (AvgIpc) is 2.67.